The van der Waals surface area contributed by atoms with Crippen LogP contribution in [0.2, 0.25) is 0 Å². The number of amides is 3. The fourth-order valence-electron chi connectivity index (χ4n) is 2.76. The third-order valence-electron chi connectivity index (χ3n) is 4.20. The van der Waals surface area contributed by atoms with E-state index in [0.717, 1.165) is 21.7 Å². The third-order valence-corrected chi connectivity index (χ3v) is 4.20. The van der Waals surface area contributed by atoms with Crippen molar-refractivity contribution in [2.75, 3.05) is 5.32 Å². The quantitative estimate of drug-likeness (QED) is 0.870. The Hall–Kier alpha value is -3.02. The molecule has 1 aliphatic rings. The number of carbonyl (C=O) groups is 3. The molecule has 1 atom stereocenters. The number of nitrogens with one attached hydrogen (secondary N) is 1. The lowest BCUT2D eigenvalue weighted by Crippen LogP contribution is -2.45. The Morgan fingerprint density at radius 3 is 2.36 bits per heavy atom. The Kier molecular flexibility index (Phi) is 4.61. The second-order valence-corrected chi connectivity index (χ2v) is 6.10. The number of anilines is 1. The number of imide groups is 1. The number of hydrogen-bond donors (Lipinski definition) is 1. The van der Waals surface area contributed by atoms with E-state index in [1.165, 1.54) is 0 Å². The first-order chi connectivity index (χ1) is 12.0. The summed E-state index contributed by atoms with van der Waals surface area (Å²) in [6.45, 7) is 3.55. The summed E-state index contributed by atoms with van der Waals surface area (Å²) in [7, 11) is 0. The average molecular weight is 337 g/mol. The molecule has 1 aliphatic heterocycles. The van der Waals surface area contributed by atoms with E-state index in [1.807, 2.05) is 37.3 Å². The van der Waals surface area contributed by atoms with E-state index in [9.17, 15) is 14.4 Å². The zero-order valence-electron chi connectivity index (χ0n) is 14.2. The molecule has 1 saturated heterocycles. The van der Waals surface area contributed by atoms with Crippen LogP contribution in [0.5, 0.6) is 0 Å². The standard InChI is InChI=1S/C19H19N3O3/c1-12-6-8-14(9-7-12)15-4-3-5-16(20-15)21-19(25)13(2)22-17(23)10-11-18(22)24/h3-9,13H,10-11H2,1-2H3,(H,20,21,25). The van der Waals surface area contributed by atoms with Gasteiger partial charge < -0.3 is 5.32 Å². The van der Waals surface area contributed by atoms with Crippen molar-refractivity contribution in [3.8, 4) is 11.3 Å². The van der Waals surface area contributed by atoms with E-state index < -0.39 is 11.9 Å². The van der Waals surface area contributed by atoms with Crippen LogP contribution in [-0.4, -0.2) is 33.6 Å². The highest BCUT2D eigenvalue weighted by Gasteiger charge is 2.36. The van der Waals surface area contributed by atoms with Gasteiger partial charge in [-0.3, -0.25) is 19.3 Å². The molecule has 1 aromatic carbocycles. The lowest BCUT2D eigenvalue weighted by Gasteiger charge is -2.21. The van der Waals surface area contributed by atoms with Crippen LogP contribution in [0.3, 0.4) is 0 Å². The first kappa shape index (κ1) is 16.8. The number of likely N-dealkylation sites (tertiary alicyclic amines) is 1. The molecule has 25 heavy (non-hydrogen) atoms. The highest BCUT2D eigenvalue weighted by atomic mass is 16.2. The summed E-state index contributed by atoms with van der Waals surface area (Å²) in [5, 5.41) is 2.69. The molecule has 1 N–H and O–H groups in total. The van der Waals surface area contributed by atoms with Crippen molar-refractivity contribution < 1.29 is 14.4 Å². The van der Waals surface area contributed by atoms with Crippen molar-refractivity contribution in [2.45, 2.75) is 32.7 Å². The molecular weight excluding hydrogens is 318 g/mol. The first-order valence-electron chi connectivity index (χ1n) is 8.15. The van der Waals surface area contributed by atoms with Gasteiger partial charge in [-0.05, 0) is 26.0 Å². The van der Waals surface area contributed by atoms with Crippen LogP contribution >= 0.6 is 0 Å². The summed E-state index contributed by atoms with van der Waals surface area (Å²) in [5.41, 5.74) is 2.83. The smallest absolute Gasteiger partial charge is 0.248 e. The molecular formula is C19H19N3O3. The van der Waals surface area contributed by atoms with E-state index in [0.29, 0.717) is 5.82 Å². The number of rotatable bonds is 4. The minimum Gasteiger partial charge on any atom is -0.309 e. The Bertz CT molecular complexity index is 814. The van der Waals surface area contributed by atoms with Gasteiger partial charge in [0.2, 0.25) is 17.7 Å². The Balaban J connectivity index is 1.75. The van der Waals surface area contributed by atoms with Crippen molar-refractivity contribution in [1.29, 1.82) is 0 Å². The second kappa shape index (κ2) is 6.84. The summed E-state index contributed by atoms with van der Waals surface area (Å²) in [5.74, 6) is -0.672. The lowest BCUT2D eigenvalue weighted by atomic mass is 10.1. The van der Waals surface area contributed by atoms with Gasteiger partial charge in [-0.2, -0.15) is 0 Å². The summed E-state index contributed by atoms with van der Waals surface area (Å²) >= 11 is 0. The van der Waals surface area contributed by atoms with Crippen molar-refractivity contribution >= 4 is 23.5 Å². The van der Waals surface area contributed by atoms with Gasteiger partial charge in [0.25, 0.3) is 0 Å². The van der Waals surface area contributed by atoms with Crippen molar-refractivity contribution in [3.63, 3.8) is 0 Å². The van der Waals surface area contributed by atoms with Crippen LogP contribution < -0.4 is 5.32 Å². The zero-order chi connectivity index (χ0) is 18.0. The molecule has 1 fully saturated rings. The van der Waals surface area contributed by atoms with Crippen molar-refractivity contribution in [2.24, 2.45) is 0 Å². The average Bonchev–Trinajstić information content (AvgIpc) is 2.93. The summed E-state index contributed by atoms with van der Waals surface area (Å²) in [6.07, 6.45) is 0.329. The van der Waals surface area contributed by atoms with E-state index in [2.05, 4.69) is 10.3 Å². The molecule has 0 bridgehead atoms. The number of carbonyl (C=O) groups excluding carboxylic acids is 3. The molecule has 2 heterocycles. The van der Waals surface area contributed by atoms with Crippen LogP contribution in [0.1, 0.15) is 25.3 Å². The fourth-order valence-corrected chi connectivity index (χ4v) is 2.76. The van der Waals surface area contributed by atoms with Gasteiger partial charge in [-0.1, -0.05) is 35.9 Å². The van der Waals surface area contributed by atoms with Crippen molar-refractivity contribution in [1.82, 2.24) is 9.88 Å². The van der Waals surface area contributed by atoms with E-state index in [-0.39, 0.29) is 24.7 Å². The van der Waals surface area contributed by atoms with Gasteiger partial charge in [0, 0.05) is 18.4 Å². The molecule has 0 radical (unpaired) electrons. The minimum atomic E-state index is -0.854. The highest BCUT2D eigenvalue weighted by Crippen LogP contribution is 2.20. The Morgan fingerprint density at radius 2 is 1.72 bits per heavy atom. The molecule has 1 unspecified atom stereocenters. The molecule has 128 valence electrons. The van der Waals surface area contributed by atoms with E-state index in [4.69, 9.17) is 0 Å². The molecule has 3 rings (SSSR count). The minimum absolute atomic E-state index is 0.164. The van der Waals surface area contributed by atoms with Crippen molar-refractivity contribution in [3.05, 3.63) is 48.0 Å². The molecule has 2 aromatic rings. The van der Waals surface area contributed by atoms with Gasteiger partial charge in [-0.25, -0.2) is 4.98 Å². The lowest BCUT2D eigenvalue weighted by molar-refractivity contribution is -0.144. The van der Waals surface area contributed by atoms with E-state index in [1.54, 1.807) is 19.1 Å². The molecule has 0 spiro atoms. The number of benzene rings is 1. The van der Waals surface area contributed by atoms with Crippen LogP contribution in [0, 0.1) is 6.92 Å². The van der Waals surface area contributed by atoms with Gasteiger partial charge in [-0.15, -0.1) is 0 Å². The summed E-state index contributed by atoms with van der Waals surface area (Å²) in [4.78, 5) is 41.4. The summed E-state index contributed by atoms with van der Waals surface area (Å²) < 4.78 is 0. The van der Waals surface area contributed by atoms with Gasteiger partial charge >= 0.3 is 0 Å². The maximum Gasteiger partial charge on any atom is 0.248 e. The predicted octanol–water partition coefficient (Wildman–Crippen LogP) is 2.53. The fraction of sp³-hybridized carbons (Fsp3) is 0.263. The van der Waals surface area contributed by atoms with Gasteiger partial charge in [0.15, 0.2) is 0 Å². The monoisotopic (exact) mass is 337 g/mol. The number of aryl methyl sites for hydroxylation is 1. The normalized spacial score (nSPS) is 15.4. The molecule has 6 heteroatoms. The maximum atomic E-state index is 12.4. The van der Waals surface area contributed by atoms with Crippen LogP contribution in [-0.2, 0) is 14.4 Å². The first-order valence-corrected chi connectivity index (χ1v) is 8.15. The van der Waals surface area contributed by atoms with E-state index >= 15 is 0 Å². The molecule has 6 nitrogen and oxygen atoms in total. The van der Waals surface area contributed by atoms with Crippen LogP contribution in [0.25, 0.3) is 11.3 Å². The Labute approximate surface area is 145 Å². The molecule has 1 aromatic heterocycles. The second-order valence-electron chi connectivity index (χ2n) is 6.10. The maximum absolute atomic E-state index is 12.4. The largest absolute Gasteiger partial charge is 0.309 e. The zero-order valence-corrected chi connectivity index (χ0v) is 14.2. The highest BCUT2D eigenvalue weighted by molar-refractivity contribution is 6.07. The number of hydrogen-bond acceptors (Lipinski definition) is 4. The molecule has 0 saturated carbocycles. The van der Waals surface area contributed by atoms with Crippen LogP contribution in [0.15, 0.2) is 42.5 Å². The van der Waals surface area contributed by atoms with Gasteiger partial charge in [0.05, 0.1) is 5.69 Å². The molecule has 0 aliphatic carbocycles. The number of aromatic nitrogens is 1. The van der Waals surface area contributed by atoms with Gasteiger partial charge in [0.1, 0.15) is 11.9 Å². The number of pyridine rings is 1. The molecule has 3 amide bonds. The van der Waals surface area contributed by atoms with Crippen LogP contribution in [0.4, 0.5) is 5.82 Å². The predicted molar refractivity (Wildman–Crippen MR) is 93.6 cm³/mol. The number of nitrogens with zero attached hydrogens (tertiary/aromatic N) is 2. The summed E-state index contributed by atoms with van der Waals surface area (Å²) in [6, 6.07) is 12.4. The Morgan fingerprint density at radius 1 is 1.08 bits per heavy atom. The topological polar surface area (TPSA) is 79.4 Å². The third kappa shape index (κ3) is 3.57. The SMILES string of the molecule is Cc1ccc(-c2cccc(NC(=O)C(C)N3C(=O)CCC3=O)n2)cc1.